The van der Waals surface area contributed by atoms with Crippen molar-refractivity contribution in [2.24, 2.45) is 4.99 Å². The number of nitrogens with zero attached hydrogens (tertiary/aromatic N) is 2. The van der Waals surface area contributed by atoms with E-state index >= 15 is 4.39 Å². The Bertz CT molecular complexity index is 969. The highest BCUT2D eigenvalue weighted by molar-refractivity contribution is 9.10. The van der Waals surface area contributed by atoms with Crippen LogP contribution in [0.25, 0.3) is 0 Å². The van der Waals surface area contributed by atoms with Gasteiger partial charge in [-0.3, -0.25) is 15.0 Å². The van der Waals surface area contributed by atoms with Gasteiger partial charge in [-0.25, -0.2) is 14.2 Å². The third kappa shape index (κ3) is 4.07. The molecule has 4 N–H and O–H groups in total. The lowest BCUT2D eigenvalue weighted by molar-refractivity contribution is 0.199. The predicted octanol–water partition coefficient (Wildman–Crippen LogP) is 5.32. The van der Waals surface area contributed by atoms with Gasteiger partial charge in [0.25, 0.3) is 0 Å². The van der Waals surface area contributed by atoms with Crippen molar-refractivity contribution in [1.29, 1.82) is 0 Å². The minimum Gasteiger partial charge on any atom is -0.465 e. The number of carboxylic acid groups (broad SMARTS) is 1. The number of fused-ring (bicyclic) bond motifs is 1. The molecule has 33 heavy (non-hydrogen) atoms. The lowest BCUT2D eigenvalue weighted by Crippen LogP contribution is -2.64. The first kappa shape index (κ1) is 26.6. The highest BCUT2D eigenvalue weighted by Gasteiger charge is 2.61. The fraction of sp³-hybridized carbons (Fsp3) is 0.682. The quantitative estimate of drug-likeness (QED) is 0.287. The maximum atomic E-state index is 16.5. The number of halogens is 2. The van der Waals surface area contributed by atoms with Gasteiger partial charge in [0.15, 0.2) is 0 Å². The maximum absolute atomic E-state index is 16.5. The minimum absolute atomic E-state index is 0.133. The van der Waals surface area contributed by atoms with Crippen LogP contribution in [0.3, 0.4) is 0 Å². The lowest BCUT2D eigenvalue weighted by atomic mass is 9.89. The molecule has 0 aliphatic carbocycles. The van der Waals surface area contributed by atoms with E-state index in [4.69, 9.17) is 4.99 Å². The van der Waals surface area contributed by atoms with E-state index in [1.165, 1.54) is 0 Å². The summed E-state index contributed by atoms with van der Waals surface area (Å²) in [6, 6.07) is 4.54. The van der Waals surface area contributed by atoms with E-state index in [-0.39, 0.29) is 17.3 Å². The summed E-state index contributed by atoms with van der Waals surface area (Å²) in [6.07, 6.45) is 0.186. The minimum atomic E-state index is -2.62. The third-order valence-corrected chi connectivity index (χ3v) is 17.8. The predicted molar refractivity (Wildman–Crippen MR) is 140 cm³/mol. The Balaban J connectivity index is 2.35. The molecule has 1 fully saturated rings. The monoisotopic (exact) mass is 562 g/mol. The van der Waals surface area contributed by atoms with Crippen molar-refractivity contribution in [3.63, 3.8) is 0 Å². The van der Waals surface area contributed by atoms with Gasteiger partial charge in [0.05, 0.1) is 18.1 Å². The SMILES string of the molecule is CC[Si](CC)(CC)c1cc(Br)nc([C@@]2(C)N=C(NC(=O)O)C(C)(C)[S@@]3(O)NCCC[C@H]23)c1F. The number of amidine groups is 1. The van der Waals surface area contributed by atoms with Gasteiger partial charge in [0.2, 0.25) is 0 Å². The van der Waals surface area contributed by atoms with Crippen molar-refractivity contribution in [3.8, 4) is 0 Å². The Kier molecular flexibility index (Phi) is 7.43. The molecule has 3 atom stereocenters. The topological polar surface area (TPSA) is 107 Å². The number of aliphatic imine (C=N–C) groups is 1. The summed E-state index contributed by atoms with van der Waals surface area (Å²) >= 11 is 3.51. The highest BCUT2D eigenvalue weighted by atomic mass is 79.9. The molecule has 1 aromatic heterocycles. The van der Waals surface area contributed by atoms with Crippen molar-refractivity contribution in [2.75, 3.05) is 6.54 Å². The summed E-state index contributed by atoms with van der Waals surface area (Å²) in [7, 11) is -4.73. The molecule has 186 valence electrons. The van der Waals surface area contributed by atoms with Gasteiger partial charge in [-0.15, -0.1) is 0 Å². The molecule has 0 aromatic carbocycles. The molecule has 7 nitrogen and oxygen atoms in total. The zero-order chi connectivity index (χ0) is 24.8. The average Bonchev–Trinajstić information content (AvgIpc) is 2.75. The van der Waals surface area contributed by atoms with Crippen LogP contribution in [-0.2, 0) is 5.54 Å². The third-order valence-electron chi connectivity index (χ3n) is 7.93. The number of amides is 1. The molecule has 3 rings (SSSR count). The van der Waals surface area contributed by atoms with E-state index in [0.29, 0.717) is 17.6 Å². The van der Waals surface area contributed by atoms with Crippen LogP contribution in [0.4, 0.5) is 9.18 Å². The van der Waals surface area contributed by atoms with Crippen molar-refractivity contribution in [1.82, 2.24) is 15.0 Å². The van der Waals surface area contributed by atoms with E-state index in [9.17, 15) is 14.5 Å². The first-order chi connectivity index (χ1) is 15.3. The first-order valence-electron chi connectivity index (χ1n) is 11.6. The summed E-state index contributed by atoms with van der Waals surface area (Å²) in [5, 5.41) is 12.2. The zero-order valence-corrected chi connectivity index (χ0v) is 23.7. The molecule has 0 bridgehead atoms. The number of hydrogen-bond acceptors (Lipinski definition) is 5. The molecule has 2 aliphatic rings. The Morgan fingerprint density at radius 1 is 1.33 bits per heavy atom. The molecule has 0 saturated carbocycles. The number of rotatable bonds is 5. The normalized spacial score (nSPS) is 29.2. The van der Waals surface area contributed by atoms with Gasteiger partial charge in [-0.1, -0.05) is 49.4 Å². The summed E-state index contributed by atoms with van der Waals surface area (Å²) in [6.45, 7) is 12.4. The van der Waals surface area contributed by atoms with Gasteiger partial charge in [0, 0.05) is 6.54 Å². The number of carbonyl (C=O) groups is 1. The Hall–Kier alpha value is -1.01. The van der Waals surface area contributed by atoms with Crippen molar-refractivity contribution < 1.29 is 18.8 Å². The van der Waals surface area contributed by atoms with E-state index in [0.717, 1.165) is 29.7 Å². The molecule has 3 heterocycles. The van der Waals surface area contributed by atoms with Gasteiger partial charge < -0.3 is 9.66 Å². The lowest BCUT2D eigenvalue weighted by Gasteiger charge is -2.61. The van der Waals surface area contributed by atoms with E-state index in [2.05, 4.69) is 51.7 Å². The van der Waals surface area contributed by atoms with E-state index in [1.807, 2.05) is 6.07 Å². The van der Waals surface area contributed by atoms with Crippen LogP contribution in [0.5, 0.6) is 0 Å². The standard InChI is InChI=1S/C22H36BrFN4O3SSi/c1-7-33(8-2,9-3)14-13-16(23)26-18(17(14)24)22(6)15-11-10-12-25-32(15,31)21(4,5)19(28-22)27-20(29)30/h13,15,25,31H,7-12H2,1-6H3,(H,27,28)(H,29,30)/t15-,22+/m1/s1. The molecule has 1 saturated heterocycles. The van der Waals surface area contributed by atoms with Gasteiger partial charge >= 0.3 is 6.09 Å². The second-order valence-corrected chi connectivity index (χ2v) is 18.9. The maximum Gasteiger partial charge on any atom is 0.410 e. The Labute approximate surface area is 206 Å². The van der Waals surface area contributed by atoms with Gasteiger partial charge in [-0.2, -0.15) is 0 Å². The first-order valence-corrected chi connectivity index (χ1v) is 16.7. The van der Waals surface area contributed by atoms with E-state index in [1.54, 1.807) is 20.8 Å². The largest absolute Gasteiger partial charge is 0.465 e. The second kappa shape index (κ2) is 9.22. The van der Waals surface area contributed by atoms with Crippen LogP contribution < -0.4 is 15.2 Å². The molecule has 0 unspecified atom stereocenters. The fourth-order valence-electron chi connectivity index (χ4n) is 5.55. The summed E-state index contributed by atoms with van der Waals surface area (Å²) < 4.78 is 31.4. The van der Waals surface area contributed by atoms with Crippen molar-refractivity contribution in [3.05, 3.63) is 22.2 Å². The van der Waals surface area contributed by atoms with Gasteiger partial charge in [-0.05, 0) is 60.8 Å². The fourth-order valence-corrected chi connectivity index (χ4v) is 13.3. The van der Waals surface area contributed by atoms with Crippen molar-refractivity contribution >= 4 is 51.6 Å². The summed E-state index contributed by atoms with van der Waals surface area (Å²) in [5.41, 5.74) is -1.05. The molecule has 2 aliphatic heterocycles. The molecular formula is C22H36BrFN4O3SSi. The van der Waals surface area contributed by atoms with Crippen LogP contribution in [0.2, 0.25) is 18.1 Å². The summed E-state index contributed by atoms with van der Waals surface area (Å²) in [5.74, 6) is -0.225. The molecular weight excluding hydrogens is 527 g/mol. The second-order valence-electron chi connectivity index (χ2n) is 9.70. The van der Waals surface area contributed by atoms with Gasteiger partial charge in [0.1, 0.15) is 27.5 Å². The Morgan fingerprint density at radius 2 is 1.94 bits per heavy atom. The van der Waals surface area contributed by atoms with Crippen LogP contribution in [0, 0.1) is 5.82 Å². The van der Waals surface area contributed by atoms with Crippen LogP contribution >= 0.6 is 26.4 Å². The van der Waals surface area contributed by atoms with Crippen LogP contribution in [-0.4, -0.2) is 51.2 Å². The number of hydrogen-bond donors (Lipinski definition) is 4. The average molecular weight is 564 g/mol. The van der Waals surface area contributed by atoms with Crippen LogP contribution in [0.1, 0.15) is 60.1 Å². The molecule has 11 heteroatoms. The number of nitrogens with one attached hydrogen (secondary N) is 2. The molecule has 0 radical (unpaired) electrons. The van der Waals surface area contributed by atoms with E-state index < -0.39 is 40.2 Å². The molecule has 1 aromatic rings. The van der Waals surface area contributed by atoms with Crippen molar-refractivity contribution in [2.45, 2.75) is 88.1 Å². The number of pyridine rings is 1. The smallest absolute Gasteiger partial charge is 0.410 e. The zero-order valence-electron chi connectivity index (χ0n) is 20.3. The molecule has 1 amide bonds. The summed E-state index contributed by atoms with van der Waals surface area (Å²) in [4.78, 5) is 21.0. The highest BCUT2D eigenvalue weighted by Crippen LogP contribution is 2.66. The number of aromatic nitrogens is 1. The van der Waals surface area contributed by atoms with Crippen LogP contribution in [0.15, 0.2) is 15.7 Å². The Morgan fingerprint density at radius 3 is 2.48 bits per heavy atom. The molecule has 0 spiro atoms.